The van der Waals surface area contributed by atoms with Crippen molar-refractivity contribution in [2.45, 2.75) is 32.2 Å². The van der Waals surface area contributed by atoms with Crippen LogP contribution in [0, 0.1) is 12.3 Å². The number of hydrogen-bond acceptors (Lipinski definition) is 2. The monoisotopic (exact) mass is 154 g/mol. The van der Waals surface area contributed by atoms with Crippen LogP contribution in [-0.4, -0.2) is 19.1 Å². The Kier molecular flexibility index (Phi) is 7.23. The highest BCUT2D eigenvalue weighted by molar-refractivity contribution is 4.89. The highest BCUT2D eigenvalue weighted by Crippen LogP contribution is 1.95. The highest BCUT2D eigenvalue weighted by atomic mass is 14.9. The van der Waals surface area contributed by atoms with Crippen LogP contribution in [0.25, 0.3) is 0 Å². The molecule has 0 saturated carbocycles. The third kappa shape index (κ3) is 5.90. The van der Waals surface area contributed by atoms with Gasteiger partial charge in [-0.25, -0.2) is 0 Å². The van der Waals surface area contributed by atoms with Crippen molar-refractivity contribution < 1.29 is 0 Å². The zero-order valence-electron chi connectivity index (χ0n) is 7.27. The van der Waals surface area contributed by atoms with Crippen LogP contribution in [0.5, 0.6) is 0 Å². The first-order valence-corrected chi connectivity index (χ1v) is 4.22. The Labute approximate surface area is 69.5 Å². The summed E-state index contributed by atoms with van der Waals surface area (Å²) < 4.78 is 0. The van der Waals surface area contributed by atoms with Crippen LogP contribution in [0.2, 0.25) is 0 Å². The molecule has 1 unspecified atom stereocenters. The average Bonchev–Trinajstić information content (AvgIpc) is 2.03. The van der Waals surface area contributed by atoms with Crippen LogP contribution in [0.1, 0.15) is 26.2 Å². The van der Waals surface area contributed by atoms with Gasteiger partial charge in [0.05, 0.1) is 0 Å². The molecule has 2 nitrogen and oxygen atoms in total. The molecule has 0 amide bonds. The summed E-state index contributed by atoms with van der Waals surface area (Å²) >= 11 is 0. The van der Waals surface area contributed by atoms with E-state index in [4.69, 9.17) is 12.2 Å². The van der Waals surface area contributed by atoms with E-state index in [1.165, 1.54) is 0 Å². The summed E-state index contributed by atoms with van der Waals surface area (Å²) in [5.74, 6) is 2.65. The van der Waals surface area contributed by atoms with E-state index in [9.17, 15) is 0 Å². The molecule has 0 aliphatic heterocycles. The maximum Gasteiger partial charge on any atom is 0.0240 e. The minimum atomic E-state index is 0.478. The molecule has 11 heavy (non-hydrogen) atoms. The van der Waals surface area contributed by atoms with Gasteiger partial charge >= 0.3 is 0 Å². The fourth-order valence-corrected chi connectivity index (χ4v) is 0.911. The molecular weight excluding hydrogens is 136 g/mol. The fourth-order valence-electron chi connectivity index (χ4n) is 0.911. The first-order valence-electron chi connectivity index (χ1n) is 4.22. The standard InChI is InChI=1S/C9H18N2/c1-3-6-9(4-2)11-8-5-7-10/h1,9,11H,4-8,10H2,2H3. The van der Waals surface area contributed by atoms with Gasteiger partial charge in [0.1, 0.15) is 0 Å². The predicted octanol–water partition coefficient (Wildman–Crippen LogP) is 0.727. The van der Waals surface area contributed by atoms with Gasteiger partial charge in [-0.1, -0.05) is 6.92 Å². The molecule has 0 aliphatic carbocycles. The Morgan fingerprint density at radius 1 is 1.64 bits per heavy atom. The van der Waals surface area contributed by atoms with E-state index in [0.717, 1.165) is 32.4 Å². The minimum Gasteiger partial charge on any atom is -0.330 e. The molecule has 0 aromatic heterocycles. The van der Waals surface area contributed by atoms with Crippen molar-refractivity contribution in [3.63, 3.8) is 0 Å². The highest BCUT2D eigenvalue weighted by Gasteiger charge is 2.00. The van der Waals surface area contributed by atoms with Crippen LogP contribution in [0.4, 0.5) is 0 Å². The Bertz CT molecular complexity index is 115. The van der Waals surface area contributed by atoms with Crippen LogP contribution in [0.3, 0.4) is 0 Å². The molecule has 0 fully saturated rings. The second kappa shape index (κ2) is 7.59. The number of terminal acetylenes is 1. The number of nitrogens with two attached hydrogens (primary N) is 1. The Morgan fingerprint density at radius 3 is 2.82 bits per heavy atom. The van der Waals surface area contributed by atoms with Gasteiger partial charge in [0, 0.05) is 12.5 Å². The summed E-state index contributed by atoms with van der Waals surface area (Å²) in [4.78, 5) is 0. The van der Waals surface area contributed by atoms with Gasteiger partial charge in [-0.05, 0) is 25.9 Å². The fraction of sp³-hybridized carbons (Fsp3) is 0.778. The molecular formula is C9H18N2. The maximum atomic E-state index is 5.35. The Hall–Kier alpha value is -0.520. The Morgan fingerprint density at radius 2 is 2.36 bits per heavy atom. The summed E-state index contributed by atoms with van der Waals surface area (Å²) in [6, 6.07) is 0.478. The first-order chi connectivity index (χ1) is 5.35. The first kappa shape index (κ1) is 10.5. The maximum absolute atomic E-state index is 5.35. The molecule has 64 valence electrons. The zero-order chi connectivity index (χ0) is 8.53. The van der Waals surface area contributed by atoms with E-state index in [2.05, 4.69) is 18.2 Å². The predicted molar refractivity (Wildman–Crippen MR) is 49.2 cm³/mol. The lowest BCUT2D eigenvalue weighted by Gasteiger charge is -2.12. The summed E-state index contributed by atoms with van der Waals surface area (Å²) in [6.45, 7) is 3.87. The molecule has 0 bridgehead atoms. The summed E-state index contributed by atoms with van der Waals surface area (Å²) in [5, 5.41) is 3.35. The normalized spacial score (nSPS) is 12.5. The molecule has 3 N–H and O–H groups in total. The smallest absolute Gasteiger partial charge is 0.0240 e. The van der Waals surface area contributed by atoms with Crippen molar-refractivity contribution in [3.05, 3.63) is 0 Å². The van der Waals surface area contributed by atoms with E-state index in [-0.39, 0.29) is 0 Å². The third-order valence-electron chi connectivity index (χ3n) is 1.67. The van der Waals surface area contributed by atoms with Gasteiger partial charge in [-0.15, -0.1) is 12.3 Å². The molecule has 0 radical (unpaired) electrons. The average molecular weight is 154 g/mol. The van der Waals surface area contributed by atoms with Crippen LogP contribution < -0.4 is 11.1 Å². The van der Waals surface area contributed by atoms with Gasteiger partial charge in [0.15, 0.2) is 0 Å². The Balaban J connectivity index is 3.30. The lowest BCUT2D eigenvalue weighted by atomic mass is 10.1. The summed E-state index contributed by atoms with van der Waals surface area (Å²) in [5.41, 5.74) is 5.35. The topological polar surface area (TPSA) is 38.0 Å². The molecule has 0 aliphatic rings. The lowest BCUT2D eigenvalue weighted by Crippen LogP contribution is -2.29. The van der Waals surface area contributed by atoms with Crippen molar-refractivity contribution in [2.24, 2.45) is 5.73 Å². The molecule has 0 spiro atoms. The quantitative estimate of drug-likeness (QED) is 0.437. The van der Waals surface area contributed by atoms with Crippen LogP contribution in [-0.2, 0) is 0 Å². The van der Waals surface area contributed by atoms with E-state index >= 15 is 0 Å². The molecule has 0 aromatic rings. The number of nitrogens with one attached hydrogen (secondary N) is 1. The van der Waals surface area contributed by atoms with Crippen molar-refractivity contribution >= 4 is 0 Å². The van der Waals surface area contributed by atoms with Crippen LogP contribution >= 0.6 is 0 Å². The second-order valence-corrected chi connectivity index (χ2v) is 2.61. The van der Waals surface area contributed by atoms with E-state index in [1.807, 2.05) is 0 Å². The molecule has 1 atom stereocenters. The number of hydrogen-bond donors (Lipinski definition) is 2. The minimum absolute atomic E-state index is 0.478. The van der Waals surface area contributed by atoms with E-state index in [0.29, 0.717) is 6.04 Å². The molecule has 0 rings (SSSR count). The SMILES string of the molecule is C#CCC(CC)NCCCN. The zero-order valence-corrected chi connectivity index (χ0v) is 7.27. The van der Waals surface area contributed by atoms with E-state index in [1.54, 1.807) is 0 Å². The van der Waals surface area contributed by atoms with Crippen molar-refractivity contribution in [1.29, 1.82) is 0 Å². The van der Waals surface area contributed by atoms with Gasteiger partial charge in [0.2, 0.25) is 0 Å². The largest absolute Gasteiger partial charge is 0.330 e. The summed E-state index contributed by atoms with van der Waals surface area (Å²) in [7, 11) is 0. The lowest BCUT2D eigenvalue weighted by molar-refractivity contribution is 0.502. The van der Waals surface area contributed by atoms with E-state index < -0.39 is 0 Å². The van der Waals surface area contributed by atoms with Gasteiger partial charge in [0.25, 0.3) is 0 Å². The molecule has 0 heterocycles. The molecule has 0 saturated heterocycles. The van der Waals surface area contributed by atoms with Crippen molar-refractivity contribution in [3.8, 4) is 12.3 Å². The van der Waals surface area contributed by atoms with Crippen molar-refractivity contribution in [2.75, 3.05) is 13.1 Å². The van der Waals surface area contributed by atoms with Crippen molar-refractivity contribution in [1.82, 2.24) is 5.32 Å². The molecule has 0 aromatic carbocycles. The third-order valence-corrected chi connectivity index (χ3v) is 1.67. The van der Waals surface area contributed by atoms with Gasteiger partial charge in [-0.2, -0.15) is 0 Å². The van der Waals surface area contributed by atoms with Gasteiger partial charge < -0.3 is 11.1 Å². The second-order valence-electron chi connectivity index (χ2n) is 2.61. The summed E-state index contributed by atoms with van der Waals surface area (Å²) in [6.07, 6.45) is 8.14. The van der Waals surface area contributed by atoms with Crippen LogP contribution in [0.15, 0.2) is 0 Å². The molecule has 2 heteroatoms. The number of rotatable bonds is 6. The van der Waals surface area contributed by atoms with Gasteiger partial charge in [-0.3, -0.25) is 0 Å².